The normalized spacial score (nSPS) is 18.0. The summed E-state index contributed by atoms with van der Waals surface area (Å²) in [6.07, 6.45) is 6.11. The van der Waals surface area contributed by atoms with Gasteiger partial charge in [-0.15, -0.1) is 0 Å². The van der Waals surface area contributed by atoms with E-state index in [2.05, 4.69) is 20.3 Å². The molecule has 0 unspecified atom stereocenters. The molecule has 4 rings (SSSR count). The Labute approximate surface area is 188 Å². The quantitative estimate of drug-likeness (QED) is 0.687. The van der Waals surface area contributed by atoms with Gasteiger partial charge in [0.15, 0.2) is 0 Å². The lowest BCUT2D eigenvalue weighted by atomic mass is 9.91. The summed E-state index contributed by atoms with van der Waals surface area (Å²) in [4.78, 5) is 33.8. The highest BCUT2D eigenvalue weighted by atomic mass is 16.5. The monoisotopic (exact) mass is 440 g/mol. The van der Waals surface area contributed by atoms with Crippen molar-refractivity contribution in [2.75, 3.05) is 45.9 Å². The Morgan fingerprint density at radius 3 is 2.66 bits per heavy atom. The molecule has 2 aromatic rings. The number of aromatic nitrogens is 3. The van der Waals surface area contributed by atoms with Crippen LogP contribution in [0.4, 0.5) is 0 Å². The second-order valence-electron chi connectivity index (χ2n) is 8.58. The Morgan fingerprint density at radius 1 is 1.16 bits per heavy atom. The lowest BCUT2D eigenvalue weighted by molar-refractivity contribution is -0.134. The van der Waals surface area contributed by atoms with Crippen molar-refractivity contribution < 1.29 is 14.3 Å². The van der Waals surface area contributed by atoms with Crippen LogP contribution < -0.4 is 5.32 Å². The van der Waals surface area contributed by atoms with Crippen molar-refractivity contribution >= 4 is 11.8 Å². The van der Waals surface area contributed by atoms with Gasteiger partial charge >= 0.3 is 0 Å². The number of nitrogens with zero attached hydrogens (tertiary/aromatic N) is 5. The fourth-order valence-electron chi connectivity index (χ4n) is 4.35. The summed E-state index contributed by atoms with van der Waals surface area (Å²) in [6, 6.07) is 5.65. The number of ether oxygens (including phenoxy) is 1. The molecule has 0 spiro atoms. The maximum absolute atomic E-state index is 12.8. The number of carbonyl (C=O) groups excluding carboxylic acids is 2. The Balaban J connectivity index is 1.27. The molecule has 4 heterocycles. The summed E-state index contributed by atoms with van der Waals surface area (Å²) >= 11 is 0. The molecule has 0 radical (unpaired) electrons. The van der Waals surface area contributed by atoms with Gasteiger partial charge in [0, 0.05) is 45.6 Å². The van der Waals surface area contributed by atoms with Crippen LogP contribution in [0, 0.1) is 5.92 Å². The molecule has 32 heavy (non-hydrogen) atoms. The van der Waals surface area contributed by atoms with Gasteiger partial charge in [0.25, 0.3) is 5.91 Å². The number of hydrogen-bond acceptors (Lipinski definition) is 6. The highest BCUT2D eigenvalue weighted by Crippen LogP contribution is 2.23. The van der Waals surface area contributed by atoms with Crippen molar-refractivity contribution in [1.82, 2.24) is 29.9 Å². The van der Waals surface area contributed by atoms with E-state index in [0.717, 1.165) is 56.8 Å². The number of amides is 2. The minimum atomic E-state index is -0.128. The first-order chi connectivity index (χ1) is 15.6. The molecule has 1 N–H and O–H groups in total. The lowest BCUT2D eigenvalue weighted by Gasteiger charge is -2.34. The first-order valence-corrected chi connectivity index (χ1v) is 11.4. The van der Waals surface area contributed by atoms with Gasteiger partial charge in [-0.25, -0.2) is 0 Å². The number of hydrogen-bond donors (Lipinski definition) is 1. The van der Waals surface area contributed by atoms with E-state index in [9.17, 15) is 9.59 Å². The number of likely N-dealkylation sites (tertiary alicyclic amines) is 1. The topological polar surface area (TPSA) is 92.6 Å². The molecule has 9 heteroatoms. The second-order valence-corrected chi connectivity index (χ2v) is 8.58. The molecule has 2 fully saturated rings. The molecule has 2 amide bonds. The number of aryl methyl sites for hydroxylation is 1. The molecule has 0 atom stereocenters. The van der Waals surface area contributed by atoms with Gasteiger partial charge < -0.3 is 15.0 Å². The van der Waals surface area contributed by atoms with Crippen molar-refractivity contribution in [3.63, 3.8) is 0 Å². The van der Waals surface area contributed by atoms with Crippen molar-refractivity contribution in [3.05, 3.63) is 47.5 Å². The van der Waals surface area contributed by atoms with Gasteiger partial charge in [0.05, 0.1) is 43.3 Å². The van der Waals surface area contributed by atoms with Crippen molar-refractivity contribution in [2.45, 2.75) is 25.8 Å². The molecule has 2 aromatic heterocycles. The summed E-state index contributed by atoms with van der Waals surface area (Å²) in [5.41, 5.74) is 2.26. The van der Waals surface area contributed by atoms with E-state index in [4.69, 9.17) is 4.74 Å². The van der Waals surface area contributed by atoms with E-state index in [1.165, 1.54) is 0 Å². The van der Waals surface area contributed by atoms with Crippen LogP contribution in [0.5, 0.6) is 0 Å². The van der Waals surface area contributed by atoms with E-state index < -0.39 is 0 Å². The number of morpholine rings is 1. The summed E-state index contributed by atoms with van der Waals surface area (Å²) in [6.45, 7) is 5.46. The zero-order valence-corrected chi connectivity index (χ0v) is 18.7. The summed E-state index contributed by atoms with van der Waals surface area (Å²) in [5.74, 6) is 0.495. The summed E-state index contributed by atoms with van der Waals surface area (Å²) < 4.78 is 7.06. The Kier molecular flexibility index (Phi) is 7.49. The number of carbonyl (C=O) groups is 2. The van der Waals surface area contributed by atoms with Gasteiger partial charge in [0.2, 0.25) is 5.91 Å². The fraction of sp³-hybridized carbons (Fsp3) is 0.565. The first-order valence-electron chi connectivity index (χ1n) is 11.4. The second kappa shape index (κ2) is 10.7. The predicted molar refractivity (Wildman–Crippen MR) is 119 cm³/mol. The molecular formula is C23H32N6O3. The van der Waals surface area contributed by atoms with E-state index in [0.29, 0.717) is 37.8 Å². The maximum Gasteiger partial charge on any atom is 0.255 e. The smallest absolute Gasteiger partial charge is 0.255 e. The lowest BCUT2D eigenvalue weighted by Crippen LogP contribution is -2.47. The van der Waals surface area contributed by atoms with E-state index in [1.54, 1.807) is 17.1 Å². The zero-order chi connectivity index (χ0) is 22.3. The van der Waals surface area contributed by atoms with Crippen LogP contribution in [0.2, 0.25) is 0 Å². The standard InChI is InChI=1S/C23H32N6O3/c1-27-16-20(23(31)25-15-19-4-2-3-7-24-19)21(26-27)14-18-5-8-29(9-6-18)22(30)17-28-10-12-32-13-11-28/h2-4,7,16,18H,5-6,8-15,17H2,1H3,(H,25,31). The molecule has 0 aromatic carbocycles. The average Bonchev–Trinajstić information content (AvgIpc) is 3.19. The first kappa shape index (κ1) is 22.4. The highest BCUT2D eigenvalue weighted by Gasteiger charge is 2.27. The third kappa shape index (κ3) is 5.92. The van der Waals surface area contributed by atoms with Crippen molar-refractivity contribution in [1.29, 1.82) is 0 Å². The minimum Gasteiger partial charge on any atom is -0.379 e. The highest BCUT2D eigenvalue weighted by molar-refractivity contribution is 5.95. The third-order valence-corrected chi connectivity index (χ3v) is 6.22. The number of pyridine rings is 1. The van der Waals surface area contributed by atoms with Gasteiger partial charge in [-0.05, 0) is 37.3 Å². The maximum atomic E-state index is 12.8. The molecule has 172 valence electrons. The molecule has 0 bridgehead atoms. The van der Waals surface area contributed by atoms with Crippen LogP contribution in [0.1, 0.15) is 34.6 Å². The molecule has 2 saturated heterocycles. The molecule has 2 aliphatic heterocycles. The van der Waals surface area contributed by atoms with Crippen LogP contribution in [0.25, 0.3) is 0 Å². The summed E-state index contributed by atoms with van der Waals surface area (Å²) in [5, 5.41) is 7.50. The largest absolute Gasteiger partial charge is 0.379 e. The van der Waals surface area contributed by atoms with Crippen LogP contribution in [0.15, 0.2) is 30.6 Å². The Hall–Kier alpha value is -2.78. The van der Waals surface area contributed by atoms with Crippen LogP contribution in [0.3, 0.4) is 0 Å². The van der Waals surface area contributed by atoms with Gasteiger partial charge in [-0.2, -0.15) is 5.10 Å². The fourth-order valence-corrected chi connectivity index (χ4v) is 4.35. The molecule has 2 aliphatic rings. The third-order valence-electron chi connectivity index (χ3n) is 6.22. The molecular weight excluding hydrogens is 408 g/mol. The predicted octanol–water partition coefficient (Wildman–Crippen LogP) is 0.858. The number of piperidine rings is 1. The van der Waals surface area contributed by atoms with Gasteiger partial charge in [-0.1, -0.05) is 6.07 Å². The summed E-state index contributed by atoms with van der Waals surface area (Å²) in [7, 11) is 1.84. The number of nitrogens with one attached hydrogen (secondary N) is 1. The molecule has 0 aliphatic carbocycles. The van der Waals surface area contributed by atoms with Gasteiger partial charge in [-0.3, -0.25) is 24.2 Å². The SMILES string of the molecule is Cn1cc(C(=O)NCc2ccccn2)c(CC2CCN(C(=O)CN3CCOCC3)CC2)n1. The molecule has 0 saturated carbocycles. The van der Waals surface area contributed by atoms with Crippen molar-refractivity contribution in [2.24, 2.45) is 13.0 Å². The van der Waals surface area contributed by atoms with E-state index in [-0.39, 0.29) is 11.8 Å². The van der Waals surface area contributed by atoms with E-state index >= 15 is 0 Å². The number of rotatable bonds is 7. The Bertz CT molecular complexity index is 902. The average molecular weight is 441 g/mol. The Morgan fingerprint density at radius 2 is 1.94 bits per heavy atom. The van der Waals surface area contributed by atoms with Crippen LogP contribution >= 0.6 is 0 Å². The zero-order valence-electron chi connectivity index (χ0n) is 18.7. The van der Waals surface area contributed by atoms with Gasteiger partial charge in [0.1, 0.15) is 0 Å². The van der Waals surface area contributed by atoms with Crippen molar-refractivity contribution in [3.8, 4) is 0 Å². The van der Waals surface area contributed by atoms with E-state index in [1.807, 2.05) is 30.1 Å². The van der Waals surface area contributed by atoms with Crippen LogP contribution in [-0.2, 0) is 29.5 Å². The minimum absolute atomic E-state index is 0.128. The molecule has 9 nitrogen and oxygen atoms in total. The van der Waals surface area contributed by atoms with Crippen LogP contribution in [-0.4, -0.2) is 82.3 Å².